The van der Waals surface area contributed by atoms with Crippen molar-refractivity contribution in [2.75, 3.05) is 6.61 Å². The molecule has 3 nitrogen and oxygen atoms in total. The summed E-state index contributed by atoms with van der Waals surface area (Å²) in [5.41, 5.74) is 1.13. The average Bonchev–Trinajstić information content (AvgIpc) is 2.15. The van der Waals surface area contributed by atoms with Crippen LogP contribution in [0.1, 0.15) is 12.0 Å². The molecule has 0 amide bonds. The van der Waals surface area contributed by atoms with Crippen LogP contribution in [-0.4, -0.2) is 18.2 Å². The minimum Gasteiger partial charge on any atom is -0.508 e. The molecular formula is C10H12O3. The topological polar surface area (TPSA) is 46.5 Å². The predicted molar refractivity (Wildman–Crippen MR) is 48.4 cm³/mol. The number of carbonyl (C=O) groups excluding carboxylic acids is 1. The van der Waals surface area contributed by atoms with Crippen LogP contribution in [-0.2, 0) is 16.0 Å². The lowest BCUT2D eigenvalue weighted by molar-refractivity contribution is -0.128. The van der Waals surface area contributed by atoms with Gasteiger partial charge in [-0.25, -0.2) is 0 Å². The van der Waals surface area contributed by atoms with Gasteiger partial charge in [0.2, 0.25) is 0 Å². The summed E-state index contributed by atoms with van der Waals surface area (Å²) in [7, 11) is 0. The van der Waals surface area contributed by atoms with Gasteiger partial charge in [-0.1, -0.05) is 12.1 Å². The summed E-state index contributed by atoms with van der Waals surface area (Å²) in [4.78, 5) is 9.81. The maximum atomic E-state index is 9.81. The number of hydrogen-bond donors (Lipinski definition) is 1. The molecule has 0 radical (unpaired) electrons. The molecule has 1 N–H and O–H groups in total. The first-order valence-electron chi connectivity index (χ1n) is 4.16. The Morgan fingerprint density at radius 2 is 2.00 bits per heavy atom. The molecule has 0 heterocycles. The lowest BCUT2D eigenvalue weighted by Crippen LogP contribution is -1.94. The van der Waals surface area contributed by atoms with E-state index < -0.39 is 0 Å². The number of phenols is 1. The third-order valence-corrected chi connectivity index (χ3v) is 1.73. The van der Waals surface area contributed by atoms with Gasteiger partial charge in [0.1, 0.15) is 5.75 Å². The van der Waals surface area contributed by atoms with Gasteiger partial charge in [-0.15, -0.1) is 0 Å². The minimum atomic E-state index is 0.271. The van der Waals surface area contributed by atoms with Crippen LogP contribution in [0, 0.1) is 0 Å². The second-order valence-corrected chi connectivity index (χ2v) is 2.74. The van der Waals surface area contributed by atoms with Crippen LogP contribution in [0.25, 0.3) is 0 Å². The maximum absolute atomic E-state index is 9.81. The van der Waals surface area contributed by atoms with Crippen LogP contribution < -0.4 is 0 Å². The highest BCUT2D eigenvalue weighted by atomic mass is 16.5. The molecule has 1 rings (SSSR count). The number of aromatic hydroxyl groups is 1. The van der Waals surface area contributed by atoms with Crippen LogP contribution in [0.3, 0.4) is 0 Å². The summed E-state index contributed by atoms with van der Waals surface area (Å²) in [5.74, 6) is 0.271. The molecule has 0 spiro atoms. The van der Waals surface area contributed by atoms with Crippen molar-refractivity contribution >= 4 is 6.47 Å². The summed E-state index contributed by atoms with van der Waals surface area (Å²) in [6, 6.07) is 7.01. The summed E-state index contributed by atoms with van der Waals surface area (Å²) < 4.78 is 4.55. The molecule has 0 saturated carbocycles. The Morgan fingerprint density at radius 3 is 2.62 bits per heavy atom. The number of ether oxygens (including phenoxy) is 1. The minimum absolute atomic E-state index is 0.271. The van der Waals surface area contributed by atoms with E-state index in [1.807, 2.05) is 12.1 Å². The van der Waals surface area contributed by atoms with E-state index in [-0.39, 0.29) is 5.75 Å². The van der Waals surface area contributed by atoms with Crippen LogP contribution in [0.2, 0.25) is 0 Å². The normalized spacial score (nSPS) is 9.54. The smallest absolute Gasteiger partial charge is 0.293 e. The van der Waals surface area contributed by atoms with Gasteiger partial charge in [0.25, 0.3) is 6.47 Å². The fraction of sp³-hybridized carbons (Fsp3) is 0.300. The molecule has 70 valence electrons. The lowest BCUT2D eigenvalue weighted by atomic mass is 10.1. The SMILES string of the molecule is O=COCCCc1ccc(O)cc1. The van der Waals surface area contributed by atoms with Crippen molar-refractivity contribution in [2.45, 2.75) is 12.8 Å². The number of rotatable bonds is 5. The second kappa shape index (κ2) is 5.19. The number of hydrogen-bond acceptors (Lipinski definition) is 3. The van der Waals surface area contributed by atoms with Crippen molar-refractivity contribution in [1.82, 2.24) is 0 Å². The molecular weight excluding hydrogens is 168 g/mol. The fourth-order valence-corrected chi connectivity index (χ4v) is 1.07. The highest BCUT2D eigenvalue weighted by Gasteiger charge is 1.93. The van der Waals surface area contributed by atoms with Gasteiger partial charge < -0.3 is 9.84 Å². The molecule has 1 aromatic rings. The van der Waals surface area contributed by atoms with Crippen molar-refractivity contribution in [3.63, 3.8) is 0 Å². The van der Waals surface area contributed by atoms with Gasteiger partial charge in [-0.3, -0.25) is 4.79 Å². The molecule has 0 aliphatic rings. The standard InChI is InChI=1S/C10H12O3/c11-8-13-7-1-2-9-3-5-10(12)6-4-9/h3-6,8,12H,1-2,7H2. The highest BCUT2D eigenvalue weighted by molar-refractivity contribution is 5.36. The Morgan fingerprint density at radius 1 is 1.31 bits per heavy atom. The van der Waals surface area contributed by atoms with Gasteiger partial charge >= 0.3 is 0 Å². The fourth-order valence-electron chi connectivity index (χ4n) is 1.07. The average molecular weight is 180 g/mol. The van der Waals surface area contributed by atoms with Crippen molar-refractivity contribution in [3.05, 3.63) is 29.8 Å². The Balaban J connectivity index is 2.28. The van der Waals surface area contributed by atoms with E-state index >= 15 is 0 Å². The largest absolute Gasteiger partial charge is 0.508 e. The van der Waals surface area contributed by atoms with E-state index in [2.05, 4.69) is 4.74 Å². The molecule has 0 atom stereocenters. The van der Waals surface area contributed by atoms with E-state index in [9.17, 15) is 4.79 Å². The number of carbonyl (C=O) groups is 1. The first-order valence-corrected chi connectivity index (χ1v) is 4.16. The summed E-state index contributed by atoms with van der Waals surface area (Å²) in [6.07, 6.45) is 1.66. The van der Waals surface area contributed by atoms with E-state index in [0.29, 0.717) is 13.1 Å². The van der Waals surface area contributed by atoms with Gasteiger partial charge in [0, 0.05) is 0 Å². The molecule has 0 aliphatic carbocycles. The molecule has 1 aromatic carbocycles. The zero-order valence-electron chi connectivity index (χ0n) is 7.27. The monoisotopic (exact) mass is 180 g/mol. The molecule has 0 fully saturated rings. The first kappa shape index (κ1) is 9.58. The third-order valence-electron chi connectivity index (χ3n) is 1.73. The number of benzene rings is 1. The van der Waals surface area contributed by atoms with Gasteiger partial charge in [-0.2, -0.15) is 0 Å². The number of phenolic OH excluding ortho intramolecular Hbond substituents is 1. The molecule has 0 saturated heterocycles. The van der Waals surface area contributed by atoms with Crippen molar-refractivity contribution in [1.29, 1.82) is 0 Å². The first-order chi connectivity index (χ1) is 6.33. The Labute approximate surface area is 77.0 Å². The molecule has 3 heteroatoms. The maximum Gasteiger partial charge on any atom is 0.293 e. The van der Waals surface area contributed by atoms with Crippen LogP contribution in [0.4, 0.5) is 0 Å². The highest BCUT2D eigenvalue weighted by Crippen LogP contribution is 2.10. The van der Waals surface area contributed by atoms with Crippen LogP contribution in [0.5, 0.6) is 5.75 Å². The quantitative estimate of drug-likeness (QED) is 0.551. The predicted octanol–water partition coefficient (Wildman–Crippen LogP) is 1.50. The summed E-state index contributed by atoms with van der Waals surface area (Å²) in [6.45, 7) is 0.904. The zero-order chi connectivity index (χ0) is 9.52. The van der Waals surface area contributed by atoms with Crippen molar-refractivity contribution in [3.8, 4) is 5.75 Å². The van der Waals surface area contributed by atoms with Gasteiger partial charge in [0.15, 0.2) is 0 Å². The Bertz CT molecular complexity index is 253. The second-order valence-electron chi connectivity index (χ2n) is 2.74. The zero-order valence-corrected chi connectivity index (χ0v) is 7.27. The van der Waals surface area contributed by atoms with E-state index in [1.165, 1.54) is 0 Å². The summed E-state index contributed by atoms with van der Waals surface area (Å²) in [5, 5.41) is 9.00. The molecule has 0 unspecified atom stereocenters. The van der Waals surface area contributed by atoms with Crippen molar-refractivity contribution in [2.24, 2.45) is 0 Å². The number of aryl methyl sites for hydroxylation is 1. The molecule has 0 aliphatic heterocycles. The Kier molecular flexibility index (Phi) is 3.82. The third kappa shape index (κ3) is 3.60. The Hall–Kier alpha value is -1.51. The molecule has 0 aromatic heterocycles. The summed E-state index contributed by atoms with van der Waals surface area (Å²) >= 11 is 0. The molecule has 0 bridgehead atoms. The van der Waals surface area contributed by atoms with Gasteiger partial charge in [0.05, 0.1) is 6.61 Å². The van der Waals surface area contributed by atoms with Gasteiger partial charge in [-0.05, 0) is 30.5 Å². The van der Waals surface area contributed by atoms with E-state index in [4.69, 9.17) is 5.11 Å². The van der Waals surface area contributed by atoms with E-state index in [1.54, 1.807) is 12.1 Å². The van der Waals surface area contributed by atoms with Crippen LogP contribution >= 0.6 is 0 Å². The van der Waals surface area contributed by atoms with Crippen LogP contribution in [0.15, 0.2) is 24.3 Å². The molecule has 13 heavy (non-hydrogen) atoms. The lowest BCUT2D eigenvalue weighted by Gasteiger charge is -2.00. The van der Waals surface area contributed by atoms with E-state index in [0.717, 1.165) is 18.4 Å². The van der Waals surface area contributed by atoms with Crippen molar-refractivity contribution < 1.29 is 14.6 Å².